The summed E-state index contributed by atoms with van der Waals surface area (Å²) in [6, 6.07) is 0. The minimum Gasteiger partial charge on any atom is -0.322 e. The molecule has 118 valence electrons. The summed E-state index contributed by atoms with van der Waals surface area (Å²) in [6.07, 6.45) is 7.28. The zero-order chi connectivity index (χ0) is 16.3. The second-order valence-corrected chi connectivity index (χ2v) is 6.77. The predicted octanol–water partition coefficient (Wildman–Crippen LogP) is -0.199. The molecule has 1 amide bonds. The summed E-state index contributed by atoms with van der Waals surface area (Å²) >= 11 is 0. The molecule has 0 spiro atoms. The highest BCUT2D eigenvalue weighted by Crippen LogP contribution is 2.08. The molecule has 0 bridgehead atoms. The Hall–Kier alpha value is -2.33. The third-order valence-electron chi connectivity index (χ3n) is 2.90. The number of hydrogen-bond acceptors (Lipinski definition) is 6. The third kappa shape index (κ3) is 3.86. The Balaban J connectivity index is 2.03. The van der Waals surface area contributed by atoms with Crippen molar-refractivity contribution >= 4 is 21.6 Å². The van der Waals surface area contributed by atoms with Crippen molar-refractivity contribution in [3.8, 4) is 5.95 Å². The number of aryl methyl sites for hydroxylation is 1. The van der Waals surface area contributed by atoms with Crippen LogP contribution in [0.15, 0.2) is 24.8 Å². The van der Waals surface area contributed by atoms with E-state index in [0.717, 1.165) is 16.4 Å². The molecule has 9 nitrogen and oxygen atoms in total. The van der Waals surface area contributed by atoms with E-state index in [1.54, 1.807) is 17.0 Å². The maximum Gasteiger partial charge on any atom is 0.239 e. The topological polar surface area (TPSA) is 110 Å². The van der Waals surface area contributed by atoms with Gasteiger partial charge in [-0.25, -0.2) is 23.4 Å². The van der Waals surface area contributed by atoms with Crippen LogP contribution in [0.4, 0.5) is 5.69 Å². The summed E-state index contributed by atoms with van der Waals surface area (Å²) in [5, 5.41) is 2.54. The molecule has 2 heterocycles. The minimum atomic E-state index is -3.40. The van der Waals surface area contributed by atoms with Crippen LogP contribution in [0.3, 0.4) is 0 Å². The van der Waals surface area contributed by atoms with E-state index >= 15 is 0 Å². The van der Waals surface area contributed by atoms with Crippen LogP contribution in [-0.4, -0.2) is 58.0 Å². The van der Waals surface area contributed by atoms with E-state index < -0.39 is 15.9 Å². The van der Waals surface area contributed by atoms with Gasteiger partial charge < -0.3 is 5.32 Å². The normalized spacial score (nSPS) is 11.6. The molecule has 10 heteroatoms. The SMILES string of the molecule is Cc1nccn1-c1ncc(NC(=O)CN(C)S(C)(=O)=O)cn1. The summed E-state index contributed by atoms with van der Waals surface area (Å²) in [5.74, 6) is 0.705. The molecular formula is C12H16N6O3S. The van der Waals surface area contributed by atoms with Crippen LogP contribution in [0.1, 0.15) is 5.82 Å². The van der Waals surface area contributed by atoms with Crippen LogP contribution in [0.2, 0.25) is 0 Å². The lowest BCUT2D eigenvalue weighted by Crippen LogP contribution is -2.34. The van der Waals surface area contributed by atoms with Gasteiger partial charge in [0.2, 0.25) is 21.9 Å². The van der Waals surface area contributed by atoms with Crippen LogP contribution in [0.25, 0.3) is 5.95 Å². The highest BCUT2D eigenvalue weighted by atomic mass is 32.2. The molecule has 0 radical (unpaired) electrons. The van der Waals surface area contributed by atoms with Gasteiger partial charge in [0.15, 0.2) is 0 Å². The number of sulfonamides is 1. The largest absolute Gasteiger partial charge is 0.322 e. The van der Waals surface area contributed by atoms with Crippen molar-refractivity contribution in [1.29, 1.82) is 0 Å². The average Bonchev–Trinajstić information content (AvgIpc) is 2.84. The number of rotatable bonds is 5. The number of aromatic nitrogens is 4. The number of nitrogens with one attached hydrogen (secondary N) is 1. The first kappa shape index (κ1) is 16.0. The van der Waals surface area contributed by atoms with Gasteiger partial charge in [-0.3, -0.25) is 9.36 Å². The standard InChI is InChI=1S/C12H16N6O3S/c1-9-13-4-5-18(9)12-14-6-10(7-15-12)16-11(19)8-17(2)22(3,20)21/h4-7H,8H2,1-3H3,(H,16,19). The van der Waals surface area contributed by atoms with E-state index in [0.29, 0.717) is 11.6 Å². The number of hydrogen-bond donors (Lipinski definition) is 1. The molecule has 2 aromatic heterocycles. The van der Waals surface area contributed by atoms with E-state index in [-0.39, 0.29) is 6.54 Å². The lowest BCUT2D eigenvalue weighted by molar-refractivity contribution is -0.116. The molecule has 2 rings (SSSR count). The summed E-state index contributed by atoms with van der Waals surface area (Å²) < 4.78 is 25.1. The van der Waals surface area contributed by atoms with Crippen LogP contribution < -0.4 is 5.32 Å². The molecule has 0 unspecified atom stereocenters. The first-order chi connectivity index (χ1) is 10.3. The summed E-state index contributed by atoms with van der Waals surface area (Å²) in [7, 11) is -2.07. The molecule has 0 fully saturated rings. The minimum absolute atomic E-state index is 0.277. The zero-order valence-corrected chi connectivity index (χ0v) is 13.2. The number of carbonyl (C=O) groups excluding carboxylic acids is 1. The summed E-state index contributed by atoms with van der Waals surface area (Å²) in [6.45, 7) is 1.54. The number of imidazole rings is 1. The Morgan fingerprint density at radius 1 is 1.32 bits per heavy atom. The maximum absolute atomic E-state index is 11.7. The maximum atomic E-state index is 11.7. The van der Waals surface area contributed by atoms with Gasteiger partial charge in [-0.2, -0.15) is 4.31 Å². The van der Waals surface area contributed by atoms with Gasteiger partial charge in [0.1, 0.15) is 5.82 Å². The highest BCUT2D eigenvalue weighted by Gasteiger charge is 2.15. The van der Waals surface area contributed by atoms with Crippen molar-refractivity contribution in [2.45, 2.75) is 6.92 Å². The van der Waals surface area contributed by atoms with E-state index in [4.69, 9.17) is 0 Å². The van der Waals surface area contributed by atoms with E-state index in [9.17, 15) is 13.2 Å². The van der Waals surface area contributed by atoms with Gasteiger partial charge in [-0.15, -0.1) is 0 Å². The molecule has 1 N–H and O–H groups in total. The second-order valence-electron chi connectivity index (χ2n) is 4.68. The molecule has 0 saturated heterocycles. The van der Waals surface area contributed by atoms with Crippen molar-refractivity contribution in [2.24, 2.45) is 0 Å². The zero-order valence-electron chi connectivity index (χ0n) is 12.4. The molecule has 0 aliphatic heterocycles. The van der Waals surface area contributed by atoms with E-state index in [1.807, 2.05) is 6.92 Å². The number of amides is 1. The van der Waals surface area contributed by atoms with E-state index in [2.05, 4.69) is 20.3 Å². The molecule has 0 aliphatic carbocycles. The van der Waals surface area contributed by atoms with Gasteiger partial charge in [-0.1, -0.05) is 0 Å². The van der Waals surface area contributed by atoms with Crippen LogP contribution >= 0.6 is 0 Å². The average molecular weight is 324 g/mol. The first-order valence-electron chi connectivity index (χ1n) is 6.31. The Morgan fingerprint density at radius 2 is 1.95 bits per heavy atom. The Labute approximate surface area is 128 Å². The van der Waals surface area contributed by atoms with Crippen LogP contribution in [-0.2, 0) is 14.8 Å². The monoisotopic (exact) mass is 324 g/mol. The van der Waals surface area contributed by atoms with Gasteiger partial charge in [0.05, 0.1) is 30.9 Å². The van der Waals surface area contributed by atoms with Gasteiger partial charge >= 0.3 is 0 Å². The molecule has 0 saturated carbocycles. The van der Waals surface area contributed by atoms with Crippen molar-refractivity contribution in [3.05, 3.63) is 30.6 Å². The number of carbonyl (C=O) groups is 1. The fourth-order valence-electron chi connectivity index (χ4n) is 1.62. The number of anilines is 1. The third-order valence-corrected chi connectivity index (χ3v) is 4.16. The summed E-state index contributed by atoms with van der Waals surface area (Å²) in [5.41, 5.74) is 0.383. The molecular weight excluding hydrogens is 308 g/mol. The Morgan fingerprint density at radius 3 is 2.45 bits per heavy atom. The molecule has 0 atom stereocenters. The van der Waals surface area contributed by atoms with Crippen molar-refractivity contribution in [1.82, 2.24) is 23.8 Å². The number of likely N-dealkylation sites (N-methyl/N-ethyl adjacent to an activating group) is 1. The first-order valence-corrected chi connectivity index (χ1v) is 8.16. The van der Waals surface area contributed by atoms with Crippen LogP contribution in [0.5, 0.6) is 0 Å². The fraction of sp³-hybridized carbons (Fsp3) is 0.333. The molecule has 22 heavy (non-hydrogen) atoms. The van der Waals surface area contributed by atoms with Crippen molar-refractivity contribution < 1.29 is 13.2 Å². The van der Waals surface area contributed by atoms with Gasteiger partial charge in [0.25, 0.3) is 0 Å². The Bertz CT molecular complexity index is 768. The lowest BCUT2D eigenvalue weighted by atomic mass is 10.5. The molecule has 2 aromatic rings. The lowest BCUT2D eigenvalue weighted by Gasteiger charge is -2.13. The van der Waals surface area contributed by atoms with Crippen molar-refractivity contribution in [3.63, 3.8) is 0 Å². The molecule has 0 aromatic carbocycles. The number of nitrogens with zero attached hydrogens (tertiary/aromatic N) is 5. The van der Waals surface area contributed by atoms with Crippen molar-refractivity contribution in [2.75, 3.05) is 25.2 Å². The van der Waals surface area contributed by atoms with Gasteiger partial charge in [0, 0.05) is 19.4 Å². The van der Waals surface area contributed by atoms with Gasteiger partial charge in [-0.05, 0) is 6.92 Å². The summed E-state index contributed by atoms with van der Waals surface area (Å²) in [4.78, 5) is 24.1. The highest BCUT2D eigenvalue weighted by molar-refractivity contribution is 7.88. The fourth-order valence-corrected chi connectivity index (χ4v) is 1.97. The Kier molecular flexibility index (Phi) is 4.52. The smallest absolute Gasteiger partial charge is 0.239 e. The molecule has 0 aliphatic rings. The van der Waals surface area contributed by atoms with E-state index in [1.165, 1.54) is 19.4 Å². The predicted molar refractivity (Wildman–Crippen MR) is 80.0 cm³/mol. The van der Waals surface area contributed by atoms with Crippen LogP contribution in [0, 0.1) is 6.92 Å². The second kappa shape index (κ2) is 6.20. The quantitative estimate of drug-likeness (QED) is 0.815.